The zero-order valence-corrected chi connectivity index (χ0v) is 32.1. The molecule has 12 aromatic rings. The molecule has 0 unspecified atom stereocenters. The van der Waals surface area contributed by atoms with E-state index in [1.165, 1.54) is 10.8 Å². The summed E-state index contributed by atoms with van der Waals surface area (Å²) in [6.07, 6.45) is 0. The fourth-order valence-electron chi connectivity index (χ4n) is 8.41. The first-order chi connectivity index (χ1) is 29.7. The van der Waals surface area contributed by atoms with Gasteiger partial charge in [-0.05, 0) is 86.3 Å². The van der Waals surface area contributed by atoms with E-state index in [0.29, 0.717) is 28.9 Å². The van der Waals surface area contributed by atoms with Crippen molar-refractivity contribution in [2.75, 3.05) is 0 Å². The maximum Gasteiger partial charge on any atom is 0.227 e. The third-order valence-corrected chi connectivity index (χ3v) is 11.4. The second kappa shape index (κ2) is 13.7. The van der Waals surface area contributed by atoms with E-state index in [0.717, 1.165) is 82.7 Å². The SMILES string of the molecule is c1ccc(-c2ccc(-c3nc(-c4cccc(-c5cccc6ccccc56)c4)nc(-c4ccc5ccc6oc7ccc8nc(-c9ccccc9)oc8c7c6c5c4)n3)cc2)cc1. The van der Waals surface area contributed by atoms with Gasteiger partial charge in [0.2, 0.25) is 5.89 Å². The summed E-state index contributed by atoms with van der Waals surface area (Å²) in [4.78, 5) is 20.4. The molecule has 0 radical (unpaired) electrons. The summed E-state index contributed by atoms with van der Waals surface area (Å²) < 4.78 is 13.0. The molecule has 0 saturated carbocycles. The van der Waals surface area contributed by atoms with Gasteiger partial charge in [-0.2, -0.15) is 0 Å². The Morgan fingerprint density at radius 2 is 0.867 bits per heavy atom. The molecule has 60 heavy (non-hydrogen) atoms. The number of nitrogens with zero attached hydrogens (tertiary/aromatic N) is 4. The lowest BCUT2D eigenvalue weighted by atomic mass is 9.97. The van der Waals surface area contributed by atoms with E-state index in [1.807, 2.05) is 54.6 Å². The van der Waals surface area contributed by atoms with Crippen molar-refractivity contribution in [2.24, 2.45) is 0 Å². The van der Waals surface area contributed by atoms with E-state index >= 15 is 0 Å². The number of oxazole rings is 1. The first-order valence-corrected chi connectivity index (χ1v) is 20.0. The van der Waals surface area contributed by atoms with Crippen molar-refractivity contribution in [3.05, 3.63) is 194 Å². The molecule has 0 saturated heterocycles. The van der Waals surface area contributed by atoms with Gasteiger partial charge in [0, 0.05) is 27.6 Å². The fraction of sp³-hybridized carbons (Fsp3) is 0. The Hall–Kier alpha value is -8.22. The predicted molar refractivity (Wildman–Crippen MR) is 242 cm³/mol. The third-order valence-electron chi connectivity index (χ3n) is 11.4. The Morgan fingerprint density at radius 1 is 0.317 bits per heavy atom. The smallest absolute Gasteiger partial charge is 0.227 e. The summed E-state index contributed by atoms with van der Waals surface area (Å²) in [7, 11) is 0. The van der Waals surface area contributed by atoms with Gasteiger partial charge in [0.25, 0.3) is 0 Å². The van der Waals surface area contributed by atoms with E-state index in [1.54, 1.807) is 0 Å². The molecule has 0 amide bonds. The summed E-state index contributed by atoms with van der Waals surface area (Å²) in [6, 6.07) is 66.6. The van der Waals surface area contributed by atoms with Crippen LogP contribution in [0.5, 0.6) is 0 Å². The maximum absolute atomic E-state index is 6.52. The van der Waals surface area contributed by atoms with Gasteiger partial charge in [-0.15, -0.1) is 0 Å². The Labute approximate surface area is 344 Å². The molecule has 0 N–H and O–H groups in total. The molecule has 0 spiro atoms. The fourth-order valence-corrected chi connectivity index (χ4v) is 8.41. The lowest BCUT2D eigenvalue weighted by Crippen LogP contribution is -2.00. The highest BCUT2D eigenvalue weighted by molar-refractivity contribution is 6.25. The Morgan fingerprint density at radius 3 is 1.68 bits per heavy atom. The molecule has 3 heterocycles. The molecule has 280 valence electrons. The van der Waals surface area contributed by atoms with Crippen LogP contribution in [0.1, 0.15) is 0 Å². The van der Waals surface area contributed by atoms with Gasteiger partial charge in [0.15, 0.2) is 23.1 Å². The molecule has 0 aliphatic carbocycles. The summed E-state index contributed by atoms with van der Waals surface area (Å²) in [6.45, 7) is 0. The minimum Gasteiger partial charge on any atom is -0.456 e. The highest BCUT2D eigenvalue weighted by atomic mass is 16.4. The van der Waals surface area contributed by atoms with Gasteiger partial charge in [-0.3, -0.25) is 0 Å². The van der Waals surface area contributed by atoms with Crippen molar-refractivity contribution in [3.8, 4) is 67.9 Å². The van der Waals surface area contributed by atoms with Gasteiger partial charge < -0.3 is 8.83 Å². The molecule has 0 bridgehead atoms. The van der Waals surface area contributed by atoms with Gasteiger partial charge in [-0.1, -0.05) is 152 Å². The normalized spacial score (nSPS) is 11.7. The highest BCUT2D eigenvalue weighted by Crippen LogP contribution is 2.41. The van der Waals surface area contributed by atoms with Crippen molar-refractivity contribution in [2.45, 2.75) is 0 Å². The third kappa shape index (κ3) is 5.73. The first kappa shape index (κ1) is 33.9. The number of aromatic nitrogens is 4. The van der Waals surface area contributed by atoms with Crippen molar-refractivity contribution < 1.29 is 8.83 Å². The number of fused-ring (bicyclic) bond motifs is 8. The van der Waals surface area contributed by atoms with Gasteiger partial charge in [0.05, 0.1) is 5.39 Å². The summed E-state index contributed by atoms with van der Waals surface area (Å²) in [5.74, 6) is 2.32. The van der Waals surface area contributed by atoms with Crippen LogP contribution in [0, 0.1) is 0 Å². The van der Waals surface area contributed by atoms with E-state index in [9.17, 15) is 0 Å². The molecule has 0 aliphatic rings. The summed E-state index contributed by atoms with van der Waals surface area (Å²) in [5.41, 5.74) is 11.1. The lowest BCUT2D eigenvalue weighted by Gasteiger charge is -2.12. The average molecular weight is 769 g/mol. The zero-order chi connectivity index (χ0) is 39.6. The number of rotatable bonds is 6. The second-order valence-corrected chi connectivity index (χ2v) is 15.0. The molecule has 3 aromatic heterocycles. The second-order valence-electron chi connectivity index (χ2n) is 15.0. The van der Waals surface area contributed by atoms with Crippen molar-refractivity contribution in [1.82, 2.24) is 19.9 Å². The predicted octanol–water partition coefficient (Wildman–Crippen LogP) is 14.2. The molecular weight excluding hydrogens is 737 g/mol. The van der Waals surface area contributed by atoms with Crippen molar-refractivity contribution in [1.29, 1.82) is 0 Å². The number of furan rings is 1. The van der Waals surface area contributed by atoms with Crippen molar-refractivity contribution >= 4 is 54.6 Å². The molecule has 12 rings (SSSR count). The molecule has 0 fully saturated rings. The monoisotopic (exact) mass is 768 g/mol. The van der Waals surface area contributed by atoms with Crippen molar-refractivity contribution in [3.63, 3.8) is 0 Å². The van der Waals surface area contributed by atoms with Gasteiger partial charge >= 0.3 is 0 Å². The van der Waals surface area contributed by atoms with E-state index in [2.05, 4.69) is 140 Å². The minimum atomic E-state index is 0.569. The number of hydrogen-bond acceptors (Lipinski definition) is 6. The number of hydrogen-bond donors (Lipinski definition) is 0. The summed E-state index contributed by atoms with van der Waals surface area (Å²) in [5, 5.41) is 6.30. The largest absolute Gasteiger partial charge is 0.456 e. The maximum atomic E-state index is 6.52. The van der Waals surface area contributed by atoms with E-state index in [-0.39, 0.29) is 0 Å². The zero-order valence-electron chi connectivity index (χ0n) is 32.1. The minimum absolute atomic E-state index is 0.569. The first-order valence-electron chi connectivity index (χ1n) is 20.0. The molecule has 6 heteroatoms. The van der Waals surface area contributed by atoms with Crippen LogP contribution in [-0.4, -0.2) is 19.9 Å². The van der Waals surface area contributed by atoms with Crippen LogP contribution in [0.3, 0.4) is 0 Å². The molecule has 6 nitrogen and oxygen atoms in total. The Balaban J connectivity index is 1.04. The lowest BCUT2D eigenvalue weighted by molar-refractivity contribution is 0.622. The standard InChI is InChI=1S/C54H32N4O2/c1-3-11-33(12-4-1)34-21-24-37(25-22-34)51-56-52(40-18-9-17-39(31-40)43-20-10-16-35-13-7-8-19-42(35)43)58-53(57-51)41-26-23-36-27-29-46-48(44(36)32-41)49-47(59-46)30-28-45-50(49)60-54(55-45)38-14-5-2-6-15-38/h1-32H. The highest BCUT2D eigenvalue weighted by Gasteiger charge is 2.20. The number of benzene rings is 9. The average Bonchev–Trinajstić information content (AvgIpc) is 3.94. The molecule has 0 atom stereocenters. The molecule has 9 aromatic carbocycles. The van der Waals surface area contributed by atoms with Crippen LogP contribution in [0.4, 0.5) is 0 Å². The quantitative estimate of drug-likeness (QED) is 0.168. The van der Waals surface area contributed by atoms with Gasteiger partial charge in [-0.25, -0.2) is 19.9 Å². The topological polar surface area (TPSA) is 77.8 Å². The molecular formula is C54H32N4O2. The van der Waals surface area contributed by atoms with Crippen LogP contribution in [-0.2, 0) is 0 Å². The van der Waals surface area contributed by atoms with Crippen LogP contribution in [0.25, 0.3) is 122 Å². The van der Waals surface area contributed by atoms with Crippen LogP contribution in [0.2, 0.25) is 0 Å². The van der Waals surface area contributed by atoms with Crippen LogP contribution in [0.15, 0.2) is 203 Å². The van der Waals surface area contributed by atoms with Gasteiger partial charge in [0.1, 0.15) is 16.7 Å². The Kier molecular flexibility index (Phi) is 7.74. The summed E-state index contributed by atoms with van der Waals surface area (Å²) >= 11 is 0. The van der Waals surface area contributed by atoms with E-state index in [4.69, 9.17) is 28.8 Å². The van der Waals surface area contributed by atoms with Crippen LogP contribution >= 0.6 is 0 Å². The van der Waals surface area contributed by atoms with E-state index < -0.39 is 0 Å². The van der Waals surface area contributed by atoms with Crippen LogP contribution < -0.4 is 0 Å². The Bertz CT molecular complexity index is 3590. The molecule has 0 aliphatic heterocycles.